The van der Waals surface area contributed by atoms with E-state index >= 15 is 0 Å². The maximum atomic E-state index is 12.0. The molecular weight excluding hydrogens is 332 g/mol. The van der Waals surface area contributed by atoms with E-state index in [4.69, 9.17) is 9.47 Å². The summed E-state index contributed by atoms with van der Waals surface area (Å²) in [6.45, 7) is 4.47. The number of carbonyl (C=O) groups is 2. The smallest absolute Gasteiger partial charge is 0.258 e. The predicted octanol–water partition coefficient (Wildman–Crippen LogP) is 2.24. The summed E-state index contributed by atoms with van der Waals surface area (Å²) in [6.07, 6.45) is 0. The normalized spacial score (nSPS) is 10.1. The van der Waals surface area contributed by atoms with Gasteiger partial charge in [0.1, 0.15) is 11.5 Å². The fourth-order valence-corrected chi connectivity index (χ4v) is 2.46. The molecule has 0 spiro atoms. The molecule has 0 radical (unpaired) electrons. The summed E-state index contributed by atoms with van der Waals surface area (Å²) in [4.78, 5) is 23.9. The average Bonchev–Trinajstić information content (AvgIpc) is 2.64. The standard InChI is InChI=1S/C20H24N2O4/c1-14-6-4-7-15(2)19(14)26-13-18(23)21-10-11-22-20(24)16-8-5-9-17(12-16)25-3/h4-9,12H,10-11,13H2,1-3H3,(H,21,23)(H,22,24). The van der Waals surface area contributed by atoms with Crippen LogP contribution in [0, 0.1) is 13.8 Å². The molecule has 0 saturated heterocycles. The van der Waals surface area contributed by atoms with Crippen LogP contribution in [0.3, 0.4) is 0 Å². The topological polar surface area (TPSA) is 76.7 Å². The van der Waals surface area contributed by atoms with E-state index in [2.05, 4.69) is 10.6 Å². The lowest BCUT2D eigenvalue weighted by Gasteiger charge is -2.12. The van der Waals surface area contributed by atoms with Crippen LogP contribution in [0.25, 0.3) is 0 Å². The Morgan fingerprint density at radius 2 is 1.62 bits per heavy atom. The summed E-state index contributed by atoms with van der Waals surface area (Å²) in [5.74, 6) is 0.900. The second kappa shape index (κ2) is 9.46. The molecular formula is C20H24N2O4. The molecule has 2 aromatic carbocycles. The highest BCUT2D eigenvalue weighted by Gasteiger charge is 2.08. The molecule has 0 saturated carbocycles. The van der Waals surface area contributed by atoms with Crippen molar-refractivity contribution in [2.45, 2.75) is 13.8 Å². The molecule has 0 aliphatic rings. The second-order valence-electron chi connectivity index (χ2n) is 5.85. The molecule has 0 unspecified atom stereocenters. The van der Waals surface area contributed by atoms with Gasteiger partial charge in [0, 0.05) is 18.7 Å². The van der Waals surface area contributed by atoms with Gasteiger partial charge in [-0.3, -0.25) is 9.59 Å². The van der Waals surface area contributed by atoms with Crippen LogP contribution in [-0.2, 0) is 4.79 Å². The Morgan fingerprint density at radius 1 is 0.962 bits per heavy atom. The predicted molar refractivity (Wildman–Crippen MR) is 99.7 cm³/mol. The van der Waals surface area contributed by atoms with Gasteiger partial charge in [-0.05, 0) is 43.2 Å². The van der Waals surface area contributed by atoms with Crippen LogP contribution >= 0.6 is 0 Å². The number of nitrogens with one attached hydrogen (secondary N) is 2. The lowest BCUT2D eigenvalue weighted by atomic mass is 10.1. The van der Waals surface area contributed by atoms with E-state index in [0.717, 1.165) is 16.9 Å². The van der Waals surface area contributed by atoms with Crippen molar-refractivity contribution in [1.29, 1.82) is 0 Å². The minimum Gasteiger partial charge on any atom is -0.497 e. The molecule has 0 aromatic heterocycles. The number of rotatable bonds is 8. The first-order valence-electron chi connectivity index (χ1n) is 8.39. The highest BCUT2D eigenvalue weighted by molar-refractivity contribution is 5.94. The molecule has 0 atom stereocenters. The van der Waals surface area contributed by atoms with Gasteiger partial charge in [0.15, 0.2) is 6.61 Å². The van der Waals surface area contributed by atoms with E-state index in [1.54, 1.807) is 31.4 Å². The largest absolute Gasteiger partial charge is 0.497 e. The first-order chi connectivity index (χ1) is 12.5. The Labute approximate surface area is 153 Å². The van der Waals surface area contributed by atoms with Gasteiger partial charge in [0.25, 0.3) is 11.8 Å². The zero-order valence-electron chi connectivity index (χ0n) is 15.3. The maximum absolute atomic E-state index is 12.0. The Balaban J connectivity index is 1.70. The van der Waals surface area contributed by atoms with Crippen LogP contribution in [0.1, 0.15) is 21.5 Å². The number of aryl methyl sites for hydroxylation is 2. The number of carbonyl (C=O) groups excluding carboxylic acids is 2. The van der Waals surface area contributed by atoms with E-state index in [9.17, 15) is 9.59 Å². The average molecular weight is 356 g/mol. The number of ether oxygens (including phenoxy) is 2. The first kappa shape index (κ1) is 19.3. The van der Waals surface area contributed by atoms with Crippen molar-refractivity contribution < 1.29 is 19.1 Å². The lowest BCUT2D eigenvalue weighted by molar-refractivity contribution is -0.123. The van der Waals surface area contributed by atoms with Crippen molar-refractivity contribution in [3.05, 3.63) is 59.2 Å². The van der Waals surface area contributed by atoms with Gasteiger partial charge >= 0.3 is 0 Å². The van der Waals surface area contributed by atoms with Crippen molar-refractivity contribution in [3.8, 4) is 11.5 Å². The monoisotopic (exact) mass is 356 g/mol. The summed E-state index contributed by atoms with van der Waals surface area (Å²) < 4.78 is 10.7. The number of para-hydroxylation sites is 1. The van der Waals surface area contributed by atoms with Gasteiger partial charge in [-0.1, -0.05) is 24.3 Å². The molecule has 0 aliphatic heterocycles. The molecule has 0 heterocycles. The Hall–Kier alpha value is -3.02. The number of hydrogen-bond acceptors (Lipinski definition) is 4. The van der Waals surface area contributed by atoms with Crippen LogP contribution in [0.2, 0.25) is 0 Å². The first-order valence-corrected chi connectivity index (χ1v) is 8.39. The third kappa shape index (κ3) is 5.51. The molecule has 2 amide bonds. The van der Waals surface area contributed by atoms with Gasteiger partial charge in [0.2, 0.25) is 0 Å². The third-order valence-corrected chi connectivity index (χ3v) is 3.82. The van der Waals surface area contributed by atoms with Crippen LogP contribution in [0.4, 0.5) is 0 Å². The third-order valence-electron chi connectivity index (χ3n) is 3.82. The fourth-order valence-electron chi connectivity index (χ4n) is 2.46. The van der Waals surface area contributed by atoms with Crippen LogP contribution < -0.4 is 20.1 Å². The van der Waals surface area contributed by atoms with Crippen LogP contribution in [0.5, 0.6) is 11.5 Å². The van der Waals surface area contributed by atoms with Gasteiger partial charge in [-0.25, -0.2) is 0 Å². The van der Waals surface area contributed by atoms with Crippen molar-refractivity contribution in [1.82, 2.24) is 10.6 Å². The Kier molecular flexibility index (Phi) is 7.02. The van der Waals surface area contributed by atoms with Gasteiger partial charge in [0.05, 0.1) is 7.11 Å². The molecule has 0 aliphatic carbocycles. The summed E-state index contributed by atoms with van der Waals surface area (Å²) in [6, 6.07) is 12.7. The minimum absolute atomic E-state index is 0.0600. The minimum atomic E-state index is -0.233. The lowest BCUT2D eigenvalue weighted by Crippen LogP contribution is -2.36. The van der Waals surface area contributed by atoms with Crippen LogP contribution in [0.15, 0.2) is 42.5 Å². The fraction of sp³-hybridized carbons (Fsp3) is 0.300. The molecule has 2 aromatic rings. The molecule has 0 fully saturated rings. The summed E-state index contributed by atoms with van der Waals surface area (Å²) >= 11 is 0. The summed E-state index contributed by atoms with van der Waals surface area (Å²) in [7, 11) is 1.55. The highest BCUT2D eigenvalue weighted by atomic mass is 16.5. The molecule has 0 bridgehead atoms. The van der Waals surface area contributed by atoms with E-state index in [1.165, 1.54) is 0 Å². The molecule has 2 rings (SSSR count). The van der Waals surface area contributed by atoms with E-state index < -0.39 is 0 Å². The number of benzene rings is 2. The zero-order chi connectivity index (χ0) is 18.9. The van der Waals surface area contributed by atoms with Crippen molar-refractivity contribution in [2.75, 3.05) is 26.8 Å². The maximum Gasteiger partial charge on any atom is 0.258 e. The SMILES string of the molecule is COc1cccc(C(=O)NCCNC(=O)COc2c(C)cccc2C)c1. The number of amides is 2. The molecule has 26 heavy (non-hydrogen) atoms. The molecule has 2 N–H and O–H groups in total. The van der Waals surface area contributed by atoms with Crippen LogP contribution in [-0.4, -0.2) is 38.6 Å². The highest BCUT2D eigenvalue weighted by Crippen LogP contribution is 2.21. The Bertz CT molecular complexity index is 754. The summed E-state index contributed by atoms with van der Waals surface area (Å²) in [5.41, 5.74) is 2.49. The van der Waals surface area contributed by atoms with Gasteiger partial charge in [-0.15, -0.1) is 0 Å². The molecule has 138 valence electrons. The van der Waals surface area contributed by atoms with E-state index in [-0.39, 0.29) is 18.4 Å². The van der Waals surface area contributed by atoms with Crippen molar-refractivity contribution >= 4 is 11.8 Å². The van der Waals surface area contributed by atoms with Crippen molar-refractivity contribution in [2.24, 2.45) is 0 Å². The van der Waals surface area contributed by atoms with Gasteiger partial charge < -0.3 is 20.1 Å². The van der Waals surface area contributed by atoms with Crippen molar-refractivity contribution in [3.63, 3.8) is 0 Å². The summed E-state index contributed by atoms with van der Waals surface area (Å²) in [5, 5.41) is 5.47. The van der Waals surface area contributed by atoms with E-state index in [0.29, 0.717) is 24.4 Å². The molecule has 6 heteroatoms. The second-order valence-corrected chi connectivity index (χ2v) is 5.85. The Morgan fingerprint density at radius 3 is 2.31 bits per heavy atom. The molecule has 6 nitrogen and oxygen atoms in total. The quantitative estimate of drug-likeness (QED) is 0.711. The van der Waals surface area contributed by atoms with Gasteiger partial charge in [-0.2, -0.15) is 0 Å². The van der Waals surface area contributed by atoms with E-state index in [1.807, 2.05) is 32.0 Å². The number of hydrogen-bond donors (Lipinski definition) is 2. The number of methoxy groups -OCH3 is 1. The zero-order valence-corrected chi connectivity index (χ0v) is 15.3.